The van der Waals surface area contributed by atoms with Gasteiger partial charge in [0.2, 0.25) is 5.91 Å². The first-order valence-corrected chi connectivity index (χ1v) is 8.62. The first-order valence-electron chi connectivity index (χ1n) is 7.74. The van der Waals surface area contributed by atoms with E-state index in [1.165, 1.54) is 0 Å². The smallest absolute Gasteiger partial charge is 0.227 e. The Balaban J connectivity index is 1.65. The van der Waals surface area contributed by atoms with Gasteiger partial charge in [-0.05, 0) is 44.5 Å². The molecule has 124 valence electrons. The highest BCUT2D eigenvalue weighted by Crippen LogP contribution is 2.25. The third-order valence-corrected chi connectivity index (χ3v) is 4.90. The molecule has 0 aliphatic carbocycles. The maximum atomic E-state index is 12.4. The highest BCUT2D eigenvalue weighted by atomic mass is 32.1. The number of hydrogen-bond donors (Lipinski definition) is 0. The van der Waals surface area contributed by atoms with E-state index in [-0.39, 0.29) is 5.91 Å². The average molecular weight is 341 g/mol. The molecule has 2 aromatic heterocycles. The second-order valence-electron chi connectivity index (χ2n) is 5.64. The molecular weight excluding hydrogens is 322 g/mol. The van der Waals surface area contributed by atoms with Gasteiger partial charge in [0.15, 0.2) is 0 Å². The molecule has 1 amide bonds. The second kappa shape index (κ2) is 6.97. The summed E-state index contributed by atoms with van der Waals surface area (Å²) in [5.74, 6) is 0.854. The van der Waals surface area contributed by atoms with Crippen LogP contribution >= 0.6 is 11.3 Å². The minimum atomic E-state index is 0.0667. The third-order valence-electron chi connectivity index (χ3n) is 4.08. The molecular formula is C18H19N3O2S. The largest absolute Gasteiger partial charge is 0.361 e. The molecule has 0 unspecified atom stereocenters. The van der Waals surface area contributed by atoms with Crippen LogP contribution < -0.4 is 4.90 Å². The summed E-state index contributed by atoms with van der Waals surface area (Å²) in [6, 6.07) is 7.88. The number of rotatable bonds is 5. The normalized spacial score (nSPS) is 10.8. The summed E-state index contributed by atoms with van der Waals surface area (Å²) in [5.41, 5.74) is 3.82. The molecule has 3 aromatic rings. The predicted octanol–water partition coefficient (Wildman–Crippen LogP) is 4.01. The van der Waals surface area contributed by atoms with Crippen molar-refractivity contribution in [1.82, 2.24) is 10.1 Å². The van der Waals surface area contributed by atoms with Crippen molar-refractivity contribution in [2.75, 3.05) is 11.9 Å². The molecule has 0 saturated carbocycles. The van der Waals surface area contributed by atoms with E-state index in [0.29, 0.717) is 12.8 Å². The fourth-order valence-corrected chi connectivity index (χ4v) is 3.24. The third kappa shape index (κ3) is 3.38. The average Bonchev–Trinajstić information content (AvgIpc) is 3.23. The molecule has 0 bridgehead atoms. The standard InChI is InChI=1S/C18H19N3O2S/c1-12-16(13(2)23-20-12)8-9-17(22)21(3)15-6-4-14(5-7-15)18-19-10-11-24-18/h4-7,10-11H,8-9H2,1-3H3. The number of benzene rings is 1. The Morgan fingerprint density at radius 2 is 2.00 bits per heavy atom. The van der Waals surface area contributed by atoms with E-state index in [1.807, 2.05) is 43.5 Å². The van der Waals surface area contributed by atoms with Gasteiger partial charge in [0, 0.05) is 41.9 Å². The SMILES string of the molecule is Cc1noc(C)c1CCC(=O)N(C)c1ccc(-c2nccs2)cc1. The fourth-order valence-electron chi connectivity index (χ4n) is 2.60. The van der Waals surface area contributed by atoms with Crippen LogP contribution in [0, 0.1) is 13.8 Å². The number of carbonyl (C=O) groups is 1. The maximum absolute atomic E-state index is 12.4. The van der Waals surface area contributed by atoms with Crippen molar-refractivity contribution in [3.63, 3.8) is 0 Å². The van der Waals surface area contributed by atoms with Gasteiger partial charge in [-0.3, -0.25) is 4.79 Å². The molecule has 0 aliphatic heterocycles. The van der Waals surface area contributed by atoms with Crippen LogP contribution in [-0.4, -0.2) is 23.1 Å². The zero-order chi connectivity index (χ0) is 17.1. The fraction of sp³-hybridized carbons (Fsp3) is 0.278. The van der Waals surface area contributed by atoms with Crippen LogP contribution in [0.4, 0.5) is 5.69 Å². The van der Waals surface area contributed by atoms with Crippen molar-refractivity contribution in [3.8, 4) is 10.6 Å². The topological polar surface area (TPSA) is 59.2 Å². The van der Waals surface area contributed by atoms with Crippen LogP contribution in [0.25, 0.3) is 10.6 Å². The van der Waals surface area contributed by atoms with Crippen LogP contribution in [0.1, 0.15) is 23.4 Å². The van der Waals surface area contributed by atoms with E-state index < -0.39 is 0 Å². The summed E-state index contributed by atoms with van der Waals surface area (Å²) in [6.07, 6.45) is 2.85. The van der Waals surface area contributed by atoms with Gasteiger partial charge in [-0.1, -0.05) is 5.16 Å². The number of carbonyl (C=O) groups excluding carboxylic acids is 1. The van der Waals surface area contributed by atoms with Gasteiger partial charge in [0.25, 0.3) is 0 Å². The number of nitrogens with zero attached hydrogens (tertiary/aromatic N) is 3. The van der Waals surface area contributed by atoms with Crippen molar-refractivity contribution in [2.24, 2.45) is 0 Å². The first-order chi connectivity index (χ1) is 11.6. The molecule has 0 fully saturated rings. The Hall–Kier alpha value is -2.47. The van der Waals surface area contributed by atoms with Gasteiger partial charge in [-0.25, -0.2) is 4.98 Å². The number of hydrogen-bond acceptors (Lipinski definition) is 5. The van der Waals surface area contributed by atoms with Crippen molar-refractivity contribution in [1.29, 1.82) is 0 Å². The Morgan fingerprint density at radius 3 is 2.58 bits per heavy atom. The summed E-state index contributed by atoms with van der Waals surface area (Å²) in [4.78, 5) is 18.4. The molecule has 5 nitrogen and oxygen atoms in total. The Labute approximate surface area is 144 Å². The van der Waals surface area contributed by atoms with Gasteiger partial charge in [-0.2, -0.15) is 0 Å². The van der Waals surface area contributed by atoms with Gasteiger partial charge < -0.3 is 9.42 Å². The molecule has 0 spiro atoms. The lowest BCUT2D eigenvalue weighted by Crippen LogP contribution is -2.26. The predicted molar refractivity (Wildman–Crippen MR) is 95.3 cm³/mol. The number of thiazole rings is 1. The molecule has 0 radical (unpaired) electrons. The highest BCUT2D eigenvalue weighted by Gasteiger charge is 2.15. The molecule has 1 aromatic carbocycles. The molecule has 0 N–H and O–H groups in total. The van der Waals surface area contributed by atoms with Gasteiger partial charge in [0.05, 0.1) is 5.69 Å². The number of amides is 1. The quantitative estimate of drug-likeness (QED) is 0.703. The van der Waals surface area contributed by atoms with E-state index in [9.17, 15) is 4.79 Å². The number of aryl methyl sites for hydroxylation is 2. The number of aromatic nitrogens is 2. The lowest BCUT2D eigenvalue weighted by Gasteiger charge is -2.17. The summed E-state index contributed by atoms with van der Waals surface area (Å²) in [5, 5.41) is 6.86. The van der Waals surface area contributed by atoms with E-state index in [2.05, 4.69) is 10.1 Å². The summed E-state index contributed by atoms with van der Waals surface area (Å²) in [6.45, 7) is 3.78. The van der Waals surface area contributed by atoms with E-state index in [1.54, 1.807) is 29.5 Å². The summed E-state index contributed by atoms with van der Waals surface area (Å²) < 4.78 is 5.14. The lowest BCUT2D eigenvalue weighted by molar-refractivity contribution is -0.118. The van der Waals surface area contributed by atoms with Crippen molar-refractivity contribution >= 4 is 22.9 Å². The molecule has 3 rings (SSSR count). The van der Waals surface area contributed by atoms with Crippen LogP contribution in [-0.2, 0) is 11.2 Å². The van der Waals surface area contributed by atoms with Crippen LogP contribution in [0.5, 0.6) is 0 Å². The molecule has 6 heteroatoms. The van der Waals surface area contributed by atoms with Gasteiger partial charge in [0.1, 0.15) is 10.8 Å². The summed E-state index contributed by atoms with van der Waals surface area (Å²) >= 11 is 1.60. The molecule has 0 saturated heterocycles. The Morgan fingerprint density at radius 1 is 1.25 bits per heavy atom. The Kier molecular flexibility index (Phi) is 4.76. The lowest BCUT2D eigenvalue weighted by atomic mass is 10.1. The molecule has 0 aliphatic rings. The van der Waals surface area contributed by atoms with Crippen molar-refractivity contribution in [3.05, 3.63) is 52.9 Å². The van der Waals surface area contributed by atoms with Gasteiger partial charge in [-0.15, -0.1) is 11.3 Å². The zero-order valence-corrected chi connectivity index (χ0v) is 14.8. The van der Waals surface area contributed by atoms with Crippen molar-refractivity contribution in [2.45, 2.75) is 26.7 Å². The van der Waals surface area contributed by atoms with E-state index >= 15 is 0 Å². The monoisotopic (exact) mass is 341 g/mol. The van der Waals surface area contributed by atoms with Crippen LogP contribution in [0.2, 0.25) is 0 Å². The Bertz CT molecular complexity index is 803. The van der Waals surface area contributed by atoms with E-state index in [4.69, 9.17) is 4.52 Å². The minimum absolute atomic E-state index is 0.0667. The second-order valence-corrected chi connectivity index (χ2v) is 6.53. The zero-order valence-electron chi connectivity index (χ0n) is 13.9. The first kappa shape index (κ1) is 16.4. The number of anilines is 1. The molecule has 0 atom stereocenters. The van der Waals surface area contributed by atoms with Crippen LogP contribution in [0.3, 0.4) is 0 Å². The van der Waals surface area contributed by atoms with Crippen molar-refractivity contribution < 1.29 is 9.32 Å². The minimum Gasteiger partial charge on any atom is -0.361 e. The maximum Gasteiger partial charge on any atom is 0.227 e. The van der Waals surface area contributed by atoms with Crippen LogP contribution in [0.15, 0.2) is 40.4 Å². The summed E-state index contributed by atoms with van der Waals surface area (Å²) in [7, 11) is 1.80. The van der Waals surface area contributed by atoms with Gasteiger partial charge >= 0.3 is 0 Å². The molecule has 2 heterocycles. The van der Waals surface area contributed by atoms with E-state index in [0.717, 1.165) is 33.3 Å². The molecule has 24 heavy (non-hydrogen) atoms. The highest BCUT2D eigenvalue weighted by molar-refractivity contribution is 7.13.